The summed E-state index contributed by atoms with van der Waals surface area (Å²) in [5.74, 6) is 4.15. The lowest BCUT2D eigenvalue weighted by atomic mass is 9.80. The lowest BCUT2D eigenvalue weighted by Gasteiger charge is -2.28. The van der Waals surface area contributed by atoms with Crippen molar-refractivity contribution in [2.45, 2.75) is 31.7 Å². The number of ketones is 1. The second kappa shape index (κ2) is 4.34. The molecule has 1 saturated carbocycles. The van der Waals surface area contributed by atoms with Gasteiger partial charge in [0.1, 0.15) is 0 Å². The highest BCUT2D eigenvalue weighted by molar-refractivity contribution is 6.37. The second-order valence-corrected chi connectivity index (χ2v) is 3.48. The van der Waals surface area contributed by atoms with Crippen LogP contribution in [0.25, 0.3) is 0 Å². The monoisotopic (exact) mass is 185 g/mol. The first-order valence-electron chi connectivity index (χ1n) is 4.45. The van der Waals surface area contributed by atoms with E-state index < -0.39 is 17.7 Å². The van der Waals surface area contributed by atoms with Gasteiger partial charge in [-0.1, -0.05) is 19.3 Å². The average Bonchev–Trinajstić information content (AvgIpc) is 2.02. The molecule has 1 amide bonds. The Morgan fingerprint density at radius 1 is 1.46 bits per heavy atom. The molecule has 0 aromatic carbocycles. The van der Waals surface area contributed by atoms with Gasteiger partial charge in [-0.2, -0.15) is 0 Å². The summed E-state index contributed by atoms with van der Waals surface area (Å²) < 4.78 is 0. The molecule has 0 aromatic heterocycles. The topological polar surface area (TPSA) is 98.2 Å². The zero-order valence-electron chi connectivity index (χ0n) is 7.45. The van der Waals surface area contributed by atoms with Gasteiger partial charge in [0.2, 0.25) is 5.78 Å². The van der Waals surface area contributed by atoms with Crippen molar-refractivity contribution in [1.82, 2.24) is 5.43 Å². The summed E-state index contributed by atoms with van der Waals surface area (Å²) in [6, 6.07) is -0.595. The minimum atomic E-state index is -0.915. The Bertz CT molecular complexity index is 213. The van der Waals surface area contributed by atoms with E-state index in [2.05, 4.69) is 5.43 Å². The Labute approximate surface area is 76.8 Å². The number of primary amides is 1. The van der Waals surface area contributed by atoms with E-state index in [1.807, 2.05) is 0 Å². The highest BCUT2D eigenvalue weighted by atomic mass is 16.2. The SMILES string of the molecule is NNC(CC1CCC1)C(=O)C(N)=O. The number of nitrogens with two attached hydrogens (primary N) is 2. The molecule has 1 atom stereocenters. The zero-order valence-corrected chi connectivity index (χ0v) is 7.45. The number of carbonyl (C=O) groups excluding carboxylic acids is 2. The van der Waals surface area contributed by atoms with Crippen LogP contribution in [-0.4, -0.2) is 17.7 Å². The van der Waals surface area contributed by atoms with Crippen molar-refractivity contribution in [3.05, 3.63) is 0 Å². The number of hydrogen-bond donors (Lipinski definition) is 3. The first-order valence-corrected chi connectivity index (χ1v) is 4.45. The molecule has 5 heteroatoms. The van der Waals surface area contributed by atoms with Crippen LogP contribution in [0.2, 0.25) is 0 Å². The Morgan fingerprint density at radius 3 is 2.38 bits per heavy atom. The van der Waals surface area contributed by atoms with Crippen molar-refractivity contribution >= 4 is 11.7 Å². The molecule has 74 valence electrons. The van der Waals surface area contributed by atoms with Gasteiger partial charge < -0.3 is 5.73 Å². The third-order valence-corrected chi connectivity index (χ3v) is 2.55. The first kappa shape index (κ1) is 10.1. The molecule has 0 spiro atoms. The summed E-state index contributed by atoms with van der Waals surface area (Å²) >= 11 is 0. The van der Waals surface area contributed by atoms with Gasteiger partial charge in [-0.3, -0.25) is 15.4 Å². The number of hydrazine groups is 1. The minimum Gasteiger partial charge on any atom is -0.363 e. The van der Waals surface area contributed by atoms with Gasteiger partial charge in [0, 0.05) is 0 Å². The number of Topliss-reactive ketones (excluding diaryl/α,β-unsaturated/α-hetero) is 1. The average molecular weight is 185 g/mol. The zero-order chi connectivity index (χ0) is 9.84. The molecule has 0 bridgehead atoms. The molecule has 1 rings (SSSR count). The maximum Gasteiger partial charge on any atom is 0.286 e. The van der Waals surface area contributed by atoms with E-state index in [1.54, 1.807) is 0 Å². The molecular formula is C8H15N3O2. The van der Waals surface area contributed by atoms with E-state index in [9.17, 15) is 9.59 Å². The third kappa shape index (κ3) is 2.50. The summed E-state index contributed by atoms with van der Waals surface area (Å²) in [7, 11) is 0. The quantitative estimate of drug-likeness (QED) is 0.292. The molecule has 0 heterocycles. The van der Waals surface area contributed by atoms with Crippen LogP contribution >= 0.6 is 0 Å². The first-order chi connectivity index (χ1) is 6.15. The highest BCUT2D eigenvalue weighted by Crippen LogP contribution is 2.30. The van der Waals surface area contributed by atoms with Crippen LogP contribution in [-0.2, 0) is 9.59 Å². The number of nitrogens with one attached hydrogen (secondary N) is 1. The van der Waals surface area contributed by atoms with Crippen molar-refractivity contribution < 1.29 is 9.59 Å². The van der Waals surface area contributed by atoms with Crippen LogP contribution in [0.3, 0.4) is 0 Å². The van der Waals surface area contributed by atoms with Gasteiger partial charge in [0.25, 0.3) is 5.91 Å². The predicted octanol–water partition coefficient (Wildman–Crippen LogP) is -0.937. The number of hydrogen-bond acceptors (Lipinski definition) is 4. The van der Waals surface area contributed by atoms with E-state index in [-0.39, 0.29) is 0 Å². The van der Waals surface area contributed by atoms with Crippen molar-refractivity contribution in [3.63, 3.8) is 0 Å². The smallest absolute Gasteiger partial charge is 0.286 e. The molecule has 0 aliphatic heterocycles. The van der Waals surface area contributed by atoms with Crippen molar-refractivity contribution in [3.8, 4) is 0 Å². The minimum absolute atomic E-state index is 0.518. The van der Waals surface area contributed by atoms with Gasteiger partial charge in [0.15, 0.2) is 0 Å². The molecule has 1 aliphatic carbocycles. The molecule has 5 N–H and O–H groups in total. The van der Waals surface area contributed by atoms with E-state index in [1.165, 1.54) is 6.42 Å². The lowest BCUT2D eigenvalue weighted by molar-refractivity contribution is -0.137. The Balaban J connectivity index is 2.41. The fourth-order valence-corrected chi connectivity index (χ4v) is 1.48. The Kier molecular flexibility index (Phi) is 3.39. The molecular weight excluding hydrogens is 170 g/mol. The summed E-state index contributed by atoms with van der Waals surface area (Å²) in [5.41, 5.74) is 7.20. The third-order valence-electron chi connectivity index (χ3n) is 2.55. The van der Waals surface area contributed by atoms with Crippen LogP contribution in [0.1, 0.15) is 25.7 Å². The Hall–Kier alpha value is -0.940. The maximum atomic E-state index is 11.1. The number of carbonyl (C=O) groups is 2. The van der Waals surface area contributed by atoms with E-state index in [4.69, 9.17) is 11.6 Å². The van der Waals surface area contributed by atoms with Gasteiger partial charge in [-0.25, -0.2) is 5.43 Å². The van der Waals surface area contributed by atoms with E-state index >= 15 is 0 Å². The van der Waals surface area contributed by atoms with Gasteiger partial charge >= 0.3 is 0 Å². The fraction of sp³-hybridized carbons (Fsp3) is 0.750. The molecule has 13 heavy (non-hydrogen) atoms. The van der Waals surface area contributed by atoms with Crippen LogP contribution < -0.4 is 17.0 Å². The molecule has 1 aliphatic rings. The van der Waals surface area contributed by atoms with Gasteiger partial charge in [-0.05, 0) is 12.3 Å². The molecule has 1 unspecified atom stereocenters. The molecule has 1 fully saturated rings. The second-order valence-electron chi connectivity index (χ2n) is 3.48. The van der Waals surface area contributed by atoms with Gasteiger partial charge in [0.05, 0.1) is 6.04 Å². The summed E-state index contributed by atoms with van der Waals surface area (Å²) in [5, 5.41) is 0. The summed E-state index contributed by atoms with van der Waals surface area (Å²) in [6.07, 6.45) is 4.05. The molecule has 0 radical (unpaired) electrons. The standard InChI is InChI=1S/C8H15N3O2/c9-8(13)7(12)6(11-10)4-5-2-1-3-5/h5-6,11H,1-4,10H2,(H2,9,13). The normalized spacial score (nSPS) is 19.2. The maximum absolute atomic E-state index is 11.1. The Morgan fingerprint density at radius 2 is 2.08 bits per heavy atom. The van der Waals surface area contributed by atoms with E-state index in [0.717, 1.165) is 12.8 Å². The van der Waals surface area contributed by atoms with Crippen LogP contribution in [0, 0.1) is 5.92 Å². The summed E-state index contributed by atoms with van der Waals surface area (Å²) in [6.45, 7) is 0. The van der Waals surface area contributed by atoms with Crippen molar-refractivity contribution in [2.75, 3.05) is 0 Å². The van der Waals surface area contributed by atoms with Crippen molar-refractivity contribution in [2.24, 2.45) is 17.5 Å². The van der Waals surface area contributed by atoms with Crippen LogP contribution in [0.4, 0.5) is 0 Å². The van der Waals surface area contributed by atoms with Crippen LogP contribution in [0.15, 0.2) is 0 Å². The van der Waals surface area contributed by atoms with E-state index in [0.29, 0.717) is 12.3 Å². The lowest BCUT2D eigenvalue weighted by Crippen LogP contribution is -2.48. The fourth-order valence-electron chi connectivity index (χ4n) is 1.48. The van der Waals surface area contributed by atoms with Crippen LogP contribution in [0.5, 0.6) is 0 Å². The molecule has 0 saturated heterocycles. The number of rotatable bonds is 5. The summed E-state index contributed by atoms with van der Waals surface area (Å²) in [4.78, 5) is 21.7. The van der Waals surface area contributed by atoms with Gasteiger partial charge in [-0.15, -0.1) is 0 Å². The largest absolute Gasteiger partial charge is 0.363 e. The van der Waals surface area contributed by atoms with Crippen molar-refractivity contribution in [1.29, 1.82) is 0 Å². The number of amides is 1. The molecule has 0 aromatic rings. The predicted molar refractivity (Wildman–Crippen MR) is 47.3 cm³/mol. The highest BCUT2D eigenvalue weighted by Gasteiger charge is 2.28. The molecule has 5 nitrogen and oxygen atoms in total.